The molecule has 4 aromatic heterocycles. The number of hydrogen-bond donors (Lipinski definition) is 7. The molecule has 8 heterocycles. The van der Waals surface area contributed by atoms with E-state index >= 15 is 0 Å². The Morgan fingerprint density at radius 1 is 0.532 bits per heavy atom. The zero-order valence-corrected chi connectivity index (χ0v) is 65.7. The maximum atomic E-state index is 14.6. The van der Waals surface area contributed by atoms with Gasteiger partial charge in [-0.05, 0) is 155 Å². The molecule has 0 radical (unpaired) electrons. The minimum absolute atomic E-state index is 0.0324. The van der Waals surface area contributed by atoms with Crippen LogP contribution in [-0.2, 0) is 43.0 Å². The molecule has 14 rings (SSSR count). The number of ether oxygens (including phenoxy) is 7. The highest BCUT2D eigenvalue weighted by molar-refractivity contribution is 7.14. The van der Waals surface area contributed by atoms with Gasteiger partial charge < -0.3 is 80.0 Å². The van der Waals surface area contributed by atoms with Crippen molar-refractivity contribution in [3.8, 4) is 45.8 Å². The Hall–Kier alpha value is -9.84. The minimum atomic E-state index is -1.45. The van der Waals surface area contributed by atoms with Gasteiger partial charge in [-0.1, -0.05) is 50.0 Å². The molecule has 6 aromatic rings. The highest BCUT2D eigenvalue weighted by atomic mass is 32.1. The number of fused-ring (bicyclic) bond motifs is 6. The molecule has 4 aliphatic carbocycles. The minimum Gasteiger partial charge on any atom is -0.497 e. The van der Waals surface area contributed by atoms with Gasteiger partial charge in [0, 0.05) is 82.6 Å². The Morgan fingerprint density at radius 3 is 1.38 bits per heavy atom. The number of anilines is 2. The van der Waals surface area contributed by atoms with Crippen molar-refractivity contribution in [2.45, 2.75) is 241 Å². The summed E-state index contributed by atoms with van der Waals surface area (Å²) in [4.78, 5) is 132. The maximum absolute atomic E-state index is 14.6. The summed E-state index contributed by atoms with van der Waals surface area (Å²) in [7, 11) is 4.48. The zero-order valence-electron chi connectivity index (χ0n) is 64.1. The van der Waals surface area contributed by atoms with Gasteiger partial charge in [0.2, 0.25) is 23.6 Å². The fourth-order valence-electron chi connectivity index (χ4n) is 16.0. The topological polar surface area (TPSA) is 352 Å². The number of nitrogens with zero attached hydrogens (tertiary/aromatic N) is 6. The first-order valence-electron chi connectivity index (χ1n) is 39.2. The lowest BCUT2D eigenvalue weighted by Gasteiger charge is -2.29. The van der Waals surface area contributed by atoms with Gasteiger partial charge >= 0.3 is 24.1 Å². The predicted octanol–water partition coefficient (Wildman–Crippen LogP) is 12.2. The first-order valence-corrected chi connectivity index (χ1v) is 41.0. The zero-order chi connectivity index (χ0) is 78.1. The number of nitrogens with one attached hydrogen (secondary N) is 6. The molecule has 6 amide bonds. The van der Waals surface area contributed by atoms with E-state index in [-0.39, 0.29) is 68.5 Å². The molecule has 4 saturated carbocycles. The SMILES string of the molecule is COC(=O)[C@@]12C[C@H]1/C=C\CCCCC[C@H](NC(=O)OC1CCCC1)C(=O)N1C[C@H](Oc3cc(-c4csc(NC(C)C)n4)nc4cc(OC)ccc34)C[C@H]1C(=O)N2.COc1ccc2c(O[C@@H]3C[C@H]4C(=O)N[C@]5(C(=O)O)C[C@H]5/C=C\CCCCC[C@H](NC(=O)OC5CCCC5)C(=O)N4C3)cc(-c3csc(NC(C)C)n3)nc2c1. The summed E-state index contributed by atoms with van der Waals surface area (Å²) >= 11 is 2.95. The molecule has 0 unspecified atom stereocenters. The summed E-state index contributed by atoms with van der Waals surface area (Å²) in [6.07, 6.45) is 20.0. The number of amides is 6. The number of aromatic nitrogens is 4. The number of pyridine rings is 2. The van der Waals surface area contributed by atoms with Crippen LogP contribution in [0.15, 0.2) is 83.6 Å². The summed E-state index contributed by atoms with van der Waals surface area (Å²) in [5, 5.41) is 35.2. The number of aliphatic carboxylic acids is 1. The molecular weight excluding hydrogens is 1460 g/mol. The summed E-state index contributed by atoms with van der Waals surface area (Å²) < 4.78 is 41.0. The van der Waals surface area contributed by atoms with Crippen LogP contribution >= 0.6 is 22.7 Å². The Kier molecular flexibility index (Phi) is 25.2. The van der Waals surface area contributed by atoms with Gasteiger partial charge in [0.15, 0.2) is 10.3 Å². The number of carboxylic acids is 1. The van der Waals surface area contributed by atoms with Crippen LogP contribution in [0.4, 0.5) is 19.9 Å². The third-order valence-electron chi connectivity index (χ3n) is 22.0. The molecule has 111 heavy (non-hydrogen) atoms. The van der Waals surface area contributed by atoms with Crippen LogP contribution in [0.3, 0.4) is 0 Å². The molecule has 7 N–H and O–H groups in total. The van der Waals surface area contributed by atoms with Gasteiger partial charge in [-0.2, -0.15) is 0 Å². The van der Waals surface area contributed by atoms with Gasteiger partial charge in [-0.25, -0.2) is 39.1 Å². The summed E-state index contributed by atoms with van der Waals surface area (Å²) in [6, 6.07) is 11.2. The number of thiazole rings is 2. The molecular formula is C81H102N12O16S2. The number of allylic oxidation sites excluding steroid dienone is 2. The van der Waals surface area contributed by atoms with Crippen molar-refractivity contribution in [3.63, 3.8) is 0 Å². The summed E-state index contributed by atoms with van der Waals surface area (Å²) in [5.41, 5.74) is 1.06. The lowest BCUT2D eigenvalue weighted by atomic mass is 10.0. The Morgan fingerprint density at radius 2 is 0.955 bits per heavy atom. The van der Waals surface area contributed by atoms with Gasteiger partial charge in [-0.3, -0.25) is 19.2 Å². The van der Waals surface area contributed by atoms with Crippen molar-refractivity contribution < 1.29 is 76.6 Å². The number of hydrogen-bond acceptors (Lipinski definition) is 23. The number of alkyl carbamates (subject to hydrolysis) is 2. The van der Waals surface area contributed by atoms with Crippen LogP contribution in [0.5, 0.6) is 23.0 Å². The molecule has 4 aliphatic heterocycles. The molecule has 0 spiro atoms. The van der Waals surface area contributed by atoms with E-state index in [2.05, 4.69) is 31.9 Å². The summed E-state index contributed by atoms with van der Waals surface area (Å²) in [5.74, 6) is -1.86. The Bertz CT molecular complexity index is 4460. The molecule has 28 nitrogen and oxygen atoms in total. The van der Waals surface area contributed by atoms with E-state index in [1.165, 1.54) is 39.6 Å². The predicted molar refractivity (Wildman–Crippen MR) is 419 cm³/mol. The van der Waals surface area contributed by atoms with E-state index in [0.717, 1.165) is 106 Å². The Labute approximate surface area is 653 Å². The maximum Gasteiger partial charge on any atom is 0.408 e. The number of carbonyl (C=O) groups is 8. The molecule has 0 bridgehead atoms. The third kappa shape index (κ3) is 18.9. The number of benzene rings is 2. The second kappa shape index (κ2) is 35.2. The van der Waals surface area contributed by atoms with Gasteiger partial charge in [0.1, 0.15) is 94.0 Å². The first kappa shape index (κ1) is 79.3. The second-order valence-corrected chi connectivity index (χ2v) is 32.6. The van der Waals surface area contributed by atoms with Crippen molar-refractivity contribution in [1.29, 1.82) is 0 Å². The fraction of sp³-hybridized carbons (Fsp3) is 0.556. The molecule has 8 aliphatic rings. The normalized spacial score (nSPS) is 26.5. The van der Waals surface area contributed by atoms with E-state index in [1.807, 2.05) is 111 Å². The van der Waals surface area contributed by atoms with Crippen molar-refractivity contribution >= 4 is 102 Å². The van der Waals surface area contributed by atoms with Crippen molar-refractivity contribution in [1.82, 2.24) is 51.0 Å². The molecule has 2 saturated heterocycles. The monoisotopic (exact) mass is 1560 g/mol. The van der Waals surface area contributed by atoms with Crippen molar-refractivity contribution in [3.05, 3.63) is 83.6 Å². The molecule has 6 fully saturated rings. The summed E-state index contributed by atoms with van der Waals surface area (Å²) in [6.45, 7) is 8.27. The molecule has 594 valence electrons. The third-order valence-corrected chi connectivity index (χ3v) is 23.6. The van der Waals surface area contributed by atoms with Crippen LogP contribution in [0.2, 0.25) is 0 Å². The first-order chi connectivity index (χ1) is 53.6. The average Bonchev–Trinajstić information content (AvgIpc) is 1.59. The van der Waals surface area contributed by atoms with Gasteiger partial charge in [0.05, 0.1) is 56.8 Å². The number of esters is 1. The van der Waals surface area contributed by atoms with Crippen molar-refractivity contribution in [2.75, 3.05) is 45.1 Å². The number of carbonyl (C=O) groups excluding carboxylic acids is 7. The van der Waals surface area contributed by atoms with E-state index in [4.69, 9.17) is 53.1 Å². The lowest BCUT2D eigenvalue weighted by molar-refractivity contribution is -0.148. The van der Waals surface area contributed by atoms with Crippen LogP contribution < -0.4 is 50.8 Å². The second-order valence-electron chi connectivity index (χ2n) is 30.9. The fourth-order valence-corrected chi connectivity index (χ4v) is 17.7. The van der Waals surface area contributed by atoms with Crippen molar-refractivity contribution in [2.24, 2.45) is 11.8 Å². The highest BCUT2D eigenvalue weighted by Crippen LogP contribution is 2.48. The van der Waals surface area contributed by atoms with E-state index in [1.54, 1.807) is 14.2 Å². The lowest BCUT2D eigenvalue weighted by Crippen LogP contribution is -2.56. The smallest absolute Gasteiger partial charge is 0.408 e. The van der Waals surface area contributed by atoms with Gasteiger partial charge in [0.25, 0.3) is 0 Å². The van der Waals surface area contributed by atoms with E-state index in [9.17, 15) is 43.5 Å². The Balaban J connectivity index is 0.000000195. The molecule has 2 aromatic carbocycles. The van der Waals surface area contributed by atoms with Crippen LogP contribution in [0.25, 0.3) is 44.6 Å². The molecule has 10 atom stereocenters. The standard InChI is InChI=1S/C41H52N6O8S.C40H50N6O8S/c1-24(2)42-39-44-33(23-56-39)32-20-35(29-17-16-27(52-3)18-31(29)43-32)54-28-19-34-36(48)46-41(38(50)53-4)21-25(41)12-8-6-5-7-9-15-30(37(49)47(34)22-28)45-40(51)55-26-13-10-11-14-26;1-23(2)41-38-43-32(22-55-38)31-19-34(28-16-15-26(52-3)17-30(28)42-31)53-27-18-33-35(47)45-40(37(49)50)20-24(40)11-7-5-4-6-8-14-29(36(48)46(33)21-27)44-39(51)54-25-12-9-10-13-25/h8,12,16-18,20,23-26,28,30,34H,5-7,9-11,13-15,19,21-22H2,1-4H3,(H,42,44)(H,45,51)(H,46,48);7,11,15-17,19,22-25,27,29,33H,4-6,8-10,12-14,18,20-21H2,1-3H3,(H,41,43)(H,44,51)(H,45,47)(H,49,50)/b12-8-;11-7-/t25-,28-,30+,34+,41-;24-,27-,29+,33+,40-/m11/s1. The van der Waals surface area contributed by atoms with E-state index < -0.39 is 95.2 Å². The van der Waals surface area contributed by atoms with Crippen LogP contribution in [-0.4, -0.2) is 189 Å². The highest BCUT2D eigenvalue weighted by Gasteiger charge is 2.63. The largest absolute Gasteiger partial charge is 0.497 e. The van der Waals surface area contributed by atoms with Gasteiger partial charge in [-0.15, -0.1) is 22.7 Å². The molecule has 30 heteroatoms. The van der Waals surface area contributed by atoms with E-state index in [0.29, 0.717) is 94.3 Å². The van der Waals surface area contributed by atoms with Crippen LogP contribution in [0.1, 0.15) is 169 Å². The average molecular weight is 1560 g/mol. The number of methoxy groups -OCH3 is 3. The quantitative estimate of drug-likeness (QED) is 0.0239. The van der Waals surface area contributed by atoms with Crippen LogP contribution in [0, 0.1) is 11.8 Å². The number of rotatable bonds is 18. The number of carboxylic acid groups (broad SMARTS) is 1.